The fourth-order valence-electron chi connectivity index (χ4n) is 4.52. The summed E-state index contributed by atoms with van der Waals surface area (Å²) in [6, 6.07) is 13.7. The van der Waals surface area contributed by atoms with E-state index in [1.54, 1.807) is 4.90 Å². The van der Waals surface area contributed by atoms with Crippen LogP contribution in [-0.2, 0) is 16.1 Å². The van der Waals surface area contributed by atoms with Gasteiger partial charge in [-0.05, 0) is 68.4 Å². The summed E-state index contributed by atoms with van der Waals surface area (Å²) in [5.74, 6) is 0.474. The third kappa shape index (κ3) is 6.83. The first-order valence-electron chi connectivity index (χ1n) is 12.2. The molecular formula is C28H38N2O3. The summed E-state index contributed by atoms with van der Waals surface area (Å²) in [7, 11) is 0. The minimum Gasteiger partial charge on any atom is -0.483 e. The zero-order valence-corrected chi connectivity index (χ0v) is 20.5. The van der Waals surface area contributed by atoms with Crippen molar-refractivity contribution < 1.29 is 14.3 Å². The van der Waals surface area contributed by atoms with E-state index in [0.29, 0.717) is 18.7 Å². The van der Waals surface area contributed by atoms with Gasteiger partial charge >= 0.3 is 0 Å². The number of hydrogen-bond donors (Lipinski definition) is 1. The Kier molecular flexibility index (Phi) is 8.93. The van der Waals surface area contributed by atoms with Crippen molar-refractivity contribution >= 4 is 11.8 Å². The minimum absolute atomic E-state index is 0.0573. The van der Waals surface area contributed by atoms with Crippen LogP contribution in [0.1, 0.15) is 67.7 Å². The smallest absolute Gasteiger partial charge is 0.261 e. The van der Waals surface area contributed by atoms with Crippen LogP contribution in [-0.4, -0.2) is 35.4 Å². The molecule has 0 spiro atoms. The predicted molar refractivity (Wildman–Crippen MR) is 132 cm³/mol. The molecule has 0 radical (unpaired) electrons. The monoisotopic (exact) mass is 450 g/mol. The lowest BCUT2D eigenvalue weighted by Crippen LogP contribution is -2.52. The van der Waals surface area contributed by atoms with Crippen LogP contribution in [0.3, 0.4) is 0 Å². The van der Waals surface area contributed by atoms with E-state index in [0.717, 1.165) is 47.9 Å². The molecule has 33 heavy (non-hydrogen) atoms. The van der Waals surface area contributed by atoms with E-state index in [1.165, 1.54) is 6.42 Å². The van der Waals surface area contributed by atoms with Gasteiger partial charge in [0.05, 0.1) is 0 Å². The number of amides is 2. The lowest BCUT2D eigenvalue weighted by Gasteiger charge is -2.33. The van der Waals surface area contributed by atoms with E-state index in [1.807, 2.05) is 70.2 Å². The Hall–Kier alpha value is -2.82. The zero-order chi connectivity index (χ0) is 23.8. The first kappa shape index (κ1) is 24.8. The first-order chi connectivity index (χ1) is 15.9. The lowest BCUT2D eigenvalue weighted by molar-refractivity contribution is -0.143. The van der Waals surface area contributed by atoms with Crippen LogP contribution in [0, 0.1) is 20.8 Å². The number of carbonyl (C=O) groups is 2. The van der Waals surface area contributed by atoms with E-state index in [-0.39, 0.29) is 24.5 Å². The third-order valence-corrected chi connectivity index (χ3v) is 6.63. The van der Waals surface area contributed by atoms with Gasteiger partial charge in [-0.15, -0.1) is 0 Å². The van der Waals surface area contributed by atoms with Crippen molar-refractivity contribution in [2.75, 3.05) is 6.61 Å². The molecule has 0 saturated heterocycles. The Bertz CT molecular complexity index is 950. The zero-order valence-electron chi connectivity index (χ0n) is 20.5. The molecule has 0 heterocycles. The number of nitrogens with one attached hydrogen (secondary N) is 1. The largest absolute Gasteiger partial charge is 0.483 e. The van der Waals surface area contributed by atoms with Crippen molar-refractivity contribution in [3.63, 3.8) is 0 Å². The van der Waals surface area contributed by atoms with Crippen LogP contribution in [0.25, 0.3) is 0 Å². The lowest BCUT2D eigenvalue weighted by atomic mass is 9.95. The molecule has 2 aromatic rings. The highest BCUT2D eigenvalue weighted by molar-refractivity contribution is 5.88. The second-order valence-electron chi connectivity index (χ2n) is 9.27. The highest BCUT2D eigenvalue weighted by atomic mass is 16.5. The predicted octanol–water partition coefficient (Wildman–Crippen LogP) is 5.25. The van der Waals surface area contributed by atoms with E-state index >= 15 is 0 Å². The van der Waals surface area contributed by atoms with Gasteiger partial charge in [0, 0.05) is 12.6 Å². The van der Waals surface area contributed by atoms with E-state index in [4.69, 9.17) is 4.74 Å². The number of aryl methyl sites for hydroxylation is 3. The molecule has 0 bridgehead atoms. The quantitative estimate of drug-likeness (QED) is 0.568. The van der Waals surface area contributed by atoms with Crippen LogP contribution in [0.5, 0.6) is 5.75 Å². The van der Waals surface area contributed by atoms with Gasteiger partial charge in [0.2, 0.25) is 5.91 Å². The normalized spacial score (nSPS) is 15.0. The fourth-order valence-corrected chi connectivity index (χ4v) is 4.52. The number of hydrogen-bond acceptors (Lipinski definition) is 3. The summed E-state index contributed by atoms with van der Waals surface area (Å²) in [4.78, 5) is 28.4. The van der Waals surface area contributed by atoms with Crippen molar-refractivity contribution in [3.05, 3.63) is 64.7 Å². The molecule has 0 aliphatic heterocycles. The standard InChI is InChI=1S/C28H38N2O3/c1-5-25(28(32)29-24-13-7-6-8-14-24)30(18-23-12-10-9-11-21(23)3)27(31)19-33-26-17-20(2)15-16-22(26)4/h9-12,15-17,24-25H,5-8,13-14,18-19H2,1-4H3,(H,29,32). The molecule has 1 aliphatic rings. The minimum atomic E-state index is -0.527. The molecule has 1 fully saturated rings. The summed E-state index contributed by atoms with van der Waals surface area (Å²) in [6.07, 6.45) is 6.12. The maximum atomic E-state index is 13.4. The Morgan fingerprint density at radius 2 is 1.76 bits per heavy atom. The molecule has 5 nitrogen and oxygen atoms in total. The molecule has 178 valence electrons. The number of ether oxygens (including phenoxy) is 1. The molecule has 0 aromatic heterocycles. The van der Waals surface area contributed by atoms with E-state index in [2.05, 4.69) is 5.32 Å². The van der Waals surface area contributed by atoms with Gasteiger partial charge in [0.15, 0.2) is 6.61 Å². The van der Waals surface area contributed by atoms with Gasteiger partial charge in [-0.1, -0.05) is 62.6 Å². The van der Waals surface area contributed by atoms with Crippen LogP contribution in [0.15, 0.2) is 42.5 Å². The number of benzene rings is 2. The van der Waals surface area contributed by atoms with Crippen molar-refractivity contribution in [2.24, 2.45) is 0 Å². The maximum Gasteiger partial charge on any atom is 0.261 e. The van der Waals surface area contributed by atoms with Gasteiger partial charge in [0.1, 0.15) is 11.8 Å². The fraction of sp³-hybridized carbons (Fsp3) is 0.500. The summed E-state index contributed by atoms with van der Waals surface area (Å²) < 4.78 is 5.93. The van der Waals surface area contributed by atoms with Gasteiger partial charge in [-0.3, -0.25) is 9.59 Å². The summed E-state index contributed by atoms with van der Waals surface area (Å²) >= 11 is 0. The maximum absolute atomic E-state index is 13.4. The Morgan fingerprint density at radius 3 is 2.45 bits per heavy atom. The van der Waals surface area contributed by atoms with Gasteiger partial charge in [-0.25, -0.2) is 0 Å². The van der Waals surface area contributed by atoms with Crippen LogP contribution < -0.4 is 10.1 Å². The molecule has 1 saturated carbocycles. The van der Waals surface area contributed by atoms with Gasteiger partial charge in [-0.2, -0.15) is 0 Å². The average molecular weight is 451 g/mol. The van der Waals surface area contributed by atoms with Crippen molar-refractivity contribution in [1.82, 2.24) is 10.2 Å². The summed E-state index contributed by atoms with van der Waals surface area (Å²) in [5, 5.41) is 3.22. The van der Waals surface area contributed by atoms with Crippen LogP contribution >= 0.6 is 0 Å². The molecule has 2 aromatic carbocycles. The summed E-state index contributed by atoms with van der Waals surface area (Å²) in [6.45, 7) is 8.27. The molecule has 2 amide bonds. The van der Waals surface area contributed by atoms with Crippen molar-refractivity contribution in [2.45, 2.75) is 84.8 Å². The molecular weight excluding hydrogens is 412 g/mol. The highest BCUT2D eigenvalue weighted by Crippen LogP contribution is 2.22. The van der Waals surface area contributed by atoms with Gasteiger partial charge < -0.3 is 15.0 Å². The SMILES string of the molecule is CCC(C(=O)NC1CCCCC1)N(Cc1ccccc1C)C(=O)COc1cc(C)ccc1C. The third-order valence-electron chi connectivity index (χ3n) is 6.63. The Morgan fingerprint density at radius 1 is 1.03 bits per heavy atom. The average Bonchev–Trinajstić information content (AvgIpc) is 2.81. The van der Waals surface area contributed by atoms with Crippen LogP contribution in [0.2, 0.25) is 0 Å². The molecule has 3 rings (SSSR count). The molecule has 5 heteroatoms. The highest BCUT2D eigenvalue weighted by Gasteiger charge is 2.30. The second-order valence-corrected chi connectivity index (χ2v) is 9.27. The molecule has 1 unspecified atom stereocenters. The number of carbonyl (C=O) groups excluding carboxylic acids is 2. The Balaban J connectivity index is 1.79. The number of rotatable bonds is 9. The second kappa shape index (κ2) is 11.9. The first-order valence-corrected chi connectivity index (χ1v) is 12.2. The van der Waals surface area contributed by atoms with Gasteiger partial charge in [0.25, 0.3) is 5.91 Å². The Labute approximate surface area is 198 Å². The molecule has 1 N–H and O–H groups in total. The van der Waals surface area contributed by atoms with Crippen molar-refractivity contribution in [1.29, 1.82) is 0 Å². The molecule has 1 atom stereocenters. The van der Waals surface area contributed by atoms with E-state index in [9.17, 15) is 9.59 Å². The summed E-state index contributed by atoms with van der Waals surface area (Å²) in [5.41, 5.74) is 4.22. The van der Waals surface area contributed by atoms with Crippen LogP contribution in [0.4, 0.5) is 0 Å². The van der Waals surface area contributed by atoms with Crippen molar-refractivity contribution in [3.8, 4) is 5.75 Å². The number of nitrogens with zero attached hydrogens (tertiary/aromatic N) is 1. The molecule has 1 aliphatic carbocycles. The topological polar surface area (TPSA) is 58.6 Å². The van der Waals surface area contributed by atoms with E-state index < -0.39 is 6.04 Å².